The van der Waals surface area contributed by atoms with Crippen LogP contribution in [0.15, 0.2) is 24.3 Å². The molecule has 1 aromatic carbocycles. The third-order valence-corrected chi connectivity index (χ3v) is 3.81. The van der Waals surface area contributed by atoms with E-state index in [0.29, 0.717) is 6.42 Å². The molecule has 0 spiro atoms. The van der Waals surface area contributed by atoms with Gasteiger partial charge in [-0.3, -0.25) is 10.1 Å². The van der Waals surface area contributed by atoms with Gasteiger partial charge in [0.1, 0.15) is 5.50 Å². The number of amides is 1. The van der Waals surface area contributed by atoms with Crippen molar-refractivity contribution in [3.8, 4) is 0 Å². The Morgan fingerprint density at radius 2 is 2.29 bits per heavy atom. The summed E-state index contributed by atoms with van der Waals surface area (Å²) in [5.41, 5.74) is 2.60. The zero-order valence-corrected chi connectivity index (χ0v) is 11.0. The van der Waals surface area contributed by atoms with Crippen LogP contribution in [0, 0.1) is 6.92 Å². The molecule has 2 atom stereocenters. The summed E-state index contributed by atoms with van der Waals surface area (Å²) in [5, 5.41) is 6.31. The Bertz CT molecular complexity index is 408. The number of carbonyl (C=O) groups is 1. The molecule has 2 unspecified atom stereocenters. The van der Waals surface area contributed by atoms with Crippen LogP contribution in [-0.4, -0.2) is 17.4 Å². The largest absolute Gasteiger partial charge is 0.332 e. The highest BCUT2D eigenvalue weighted by Crippen LogP contribution is 2.18. The molecule has 1 aliphatic heterocycles. The van der Waals surface area contributed by atoms with E-state index in [0.717, 1.165) is 5.75 Å². The number of carbonyl (C=O) groups excluding carboxylic acids is 1. The van der Waals surface area contributed by atoms with Crippen molar-refractivity contribution in [2.24, 2.45) is 0 Å². The van der Waals surface area contributed by atoms with Crippen molar-refractivity contribution in [1.29, 1.82) is 0 Å². The van der Waals surface area contributed by atoms with Crippen molar-refractivity contribution < 1.29 is 4.79 Å². The van der Waals surface area contributed by atoms with Gasteiger partial charge < -0.3 is 5.32 Å². The predicted octanol–water partition coefficient (Wildman–Crippen LogP) is 2.01. The van der Waals surface area contributed by atoms with Crippen molar-refractivity contribution in [1.82, 2.24) is 10.6 Å². The van der Waals surface area contributed by atoms with E-state index in [9.17, 15) is 4.79 Å². The maximum atomic E-state index is 11.4. The summed E-state index contributed by atoms with van der Waals surface area (Å²) in [7, 11) is 0. The minimum absolute atomic E-state index is 0.0340. The topological polar surface area (TPSA) is 41.1 Å². The average molecular weight is 250 g/mol. The summed E-state index contributed by atoms with van der Waals surface area (Å²) in [6.45, 7) is 4.13. The molecule has 1 aromatic rings. The van der Waals surface area contributed by atoms with E-state index in [1.165, 1.54) is 11.1 Å². The predicted molar refractivity (Wildman–Crippen MR) is 71.6 cm³/mol. The molecule has 2 rings (SSSR count). The van der Waals surface area contributed by atoms with Gasteiger partial charge in [0.05, 0.1) is 0 Å². The standard InChI is InChI=1S/C13H18N2OS/c1-9-4-3-5-11(6-9)8-17-13-14-10(2)7-12(16)15-13/h3-6,10,13-14H,7-8H2,1-2H3,(H,15,16). The Hall–Kier alpha value is -1.00. The SMILES string of the molecule is Cc1cccc(CSC2NC(=O)CC(C)N2)c1. The van der Waals surface area contributed by atoms with Crippen molar-refractivity contribution in [3.63, 3.8) is 0 Å². The van der Waals surface area contributed by atoms with Crippen LogP contribution in [-0.2, 0) is 10.5 Å². The number of hydrogen-bond acceptors (Lipinski definition) is 3. The molecule has 0 saturated carbocycles. The minimum Gasteiger partial charge on any atom is -0.332 e. The van der Waals surface area contributed by atoms with Crippen LogP contribution < -0.4 is 10.6 Å². The van der Waals surface area contributed by atoms with E-state index in [2.05, 4.69) is 41.8 Å². The maximum absolute atomic E-state index is 11.4. The second-order valence-electron chi connectivity index (χ2n) is 4.52. The quantitative estimate of drug-likeness (QED) is 0.862. The highest BCUT2D eigenvalue weighted by atomic mass is 32.2. The summed E-state index contributed by atoms with van der Waals surface area (Å²) in [4.78, 5) is 11.4. The first-order valence-electron chi connectivity index (χ1n) is 5.86. The van der Waals surface area contributed by atoms with Crippen LogP contribution in [0.25, 0.3) is 0 Å². The molecule has 3 nitrogen and oxygen atoms in total. The highest BCUT2D eigenvalue weighted by Gasteiger charge is 2.22. The van der Waals surface area contributed by atoms with Crippen molar-refractivity contribution in [2.45, 2.75) is 37.6 Å². The van der Waals surface area contributed by atoms with Crippen LogP contribution in [0.4, 0.5) is 0 Å². The van der Waals surface area contributed by atoms with Crippen molar-refractivity contribution in [3.05, 3.63) is 35.4 Å². The molecule has 0 bridgehead atoms. The van der Waals surface area contributed by atoms with Crippen molar-refractivity contribution in [2.75, 3.05) is 0 Å². The molecule has 1 fully saturated rings. The third kappa shape index (κ3) is 3.75. The van der Waals surface area contributed by atoms with E-state index in [1.54, 1.807) is 11.8 Å². The lowest BCUT2D eigenvalue weighted by molar-refractivity contribution is -0.123. The maximum Gasteiger partial charge on any atom is 0.223 e. The molecule has 0 aromatic heterocycles. The smallest absolute Gasteiger partial charge is 0.223 e. The fourth-order valence-corrected chi connectivity index (χ4v) is 3.00. The number of benzene rings is 1. The molecule has 4 heteroatoms. The van der Waals surface area contributed by atoms with Gasteiger partial charge in [-0.25, -0.2) is 0 Å². The lowest BCUT2D eigenvalue weighted by atomic mass is 10.2. The Morgan fingerprint density at radius 3 is 3.00 bits per heavy atom. The summed E-state index contributed by atoms with van der Waals surface area (Å²) in [5.74, 6) is 1.05. The molecule has 0 aliphatic carbocycles. The van der Waals surface area contributed by atoms with Gasteiger partial charge in [-0.1, -0.05) is 29.8 Å². The fraction of sp³-hybridized carbons (Fsp3) is 0.462. The molecular weight excluding hydrogens is 232 g/mol. The Morgan fingerprint density at radius 1 is 1.47 bits per heavy atom. The first kappa shape index (κ1) is 12.5. The zero-order chi connectivity index (χ0) is 12.3. The van der Waals surface area contributed by atoms with Gasteiger partial charge in [0, 0.05) is 18.2 Å². The van der Waals surface area contributed by atoms with Gasteiger partial charge in [-0.05, 0) is 19.4 Å². The number of aryl methyl sites for hydroxylation is 1. The van der Waals surface area contributed by atoms with Gasteiger partial charge >= 0.3 is 0 Å². The number of hydrogen-bond donors (Lipinski definition) is 2. The number of rotatable bonds is 3. The average Bonchev–Trinajstić information content (AvgIpc) is 2.25. The van der Waals surface area contributed by atoms with Crippen molar-refractivity contribution >= 4 is 17.7 Å². The summed E-state index contributed by atoms with van der Waals surface area (Å²) in [6.07, 6.45) is 0.571. The monoisotopic (exact) mass is 250 g/mol. The minimum atomic E-state index is 0.0340. The Balaban J connectivity index is 1.87. The van der Waals surface area contributed by atoms with E-state index < -0.39 is 0 Å². The first-order valence-corrected chi connectivity index (χ1v) is 6.91. The lowest BCUT2D eigenvalue weighted by Gasteiger charge is -2.29. The van der Waals surface area contributed by atoms with E-state index in [1.807, 2.05) is 6.92 Å². The zero-order valence-electron chi connectivity index (χ0n) is 10.2. The van der Waals surface area contributed by atoms with Crippen LogP contribution in [0.1, 0.15) is 24.5 Å². The fourth-order valence-electron chi connectivity index (χ4n) is 1.91. The Labute approximate surface area is 106 Å². The van der Waals surface area contributed by atoms with Crippen LogP contribution in [0.3, 0.4) is 0 Å². The number of nitrogens with one attached hydrogen (secondary N) is 2. The van der Waals surface area contributed by atoms with Crippen LogP contribution >= 0.6 is 11.8 Å². The second-order valence-corrected chi connectivity index (χ2v) is 5.61. The summed E-state index contributed by atoms with van der Waals surface area (Å²) < 4.78 is 0. The third-order valence-electron chi connectivity index (χ3n) is 2.72. The molecule has 2 N–H and O–H groups in total. The molecule has 1 saturated heterocycles. The van der Waals surface area contributed by atoms with E-state index in [-0.39, 0.29) is 17.4 Å². The molecule has 1 heterocycles. The Kier molecular flexibility index (Phi) is 4.07. The molecule has 0 radical (unpaired) electrons. The molecular formula is C13H18N2OS. The van der Waals surface area contributed by atoms with E-state index in [4.69, 9.17) is 0 Å². The highest BCUT2D eigenvalue weighted by molar-refractivity contribution is 7.99. The van der Waals surface area contributed by atoms with Crippen LogP contribution in [0.5, 0.6) is 0 Å². The van der Waals surface area contributed by atoms with Gasteiger partial charge in [0.25, 0.3) is 0 Å². The molecule has 1 aliphatic rings. The molecule has 17 heavy (non-hydrogen) atoms. The molecule has 1 amide bonds. The van der Waals surface area contributed by atoms with Gasteiger partial charge in [0.15, 0.2) is 0 Å². The molecule has 92 valence electrons. The first-order chi connectivity index (χ1) is 8.13. The van der Waals surface area contributed by atoms with E-state index >= 15 is 0 Å². The van der Waals surface area contributed by atoms with Gasteiger partial charge in [-0.2, -0.15) is 0 Å². The normalized spacial score (nSPS) is 24.5. The number of thioether (sulfide) groups is 1. The summed E-state index contributed by atoms with van der Waals surface area (Å²) >= 11 is 1.72. The van der Waals surface area contributed by atoms with Crippen LogP contribution in [0.2, 0.25) is 0 Å². The second kappa shape index (κ2) is 5.56. The lowest BCUT2D eigenvalue weighted by Crippen LogP contribution is -2.53. The summed E-state index contributed by atoms with van der Waals surface area (Å²) in [6, 6.07) is 8.73. The van der Waals surface area contributed by atoms with Gasteiger partial charge in [0.2, 0.25) is 5.91 Å². The van der Waals surface area contributed by atoms with Gasteiger partial charge in [-0.15, -0.1) is 11.8 Å².